The first-order chi connectivity index (χ1) is 18.7. The number of ketones is 2. The van der Waals surface area contributed by atoms with Crippen molar-refractivity contribution >= 4 is 62.4 Å². The molecule has 1 aliphatic rings. The number of allylic oxidation sites excluding steroid dienone is 1. The van der Waals surface area contributed by atoms with Crippen molar-refractivity contribution in [2.45, 2.75) is 0 Å². The lowest BCUT2D eigenvalue weighted by Gasteiger charge is -2.06. The molecule has 0 radical (unpaired) electrons. The lowest BCUT2D eigenvalue weighted by atomic mass is 10.0. The van der Waals surface area contributed by atoms with Crippen LogP contribution in [0.1, 0.15) is 37.1 Å². The number of carbonyl (C=O) groups excluding carboxylic acids is 2. The Morgan fingerprint density at radius 3 is 1.95 bits per heavy atom. The number of rotatable bonds is 4. The Morgan fingerprint density at radius 1 is 0.684 bits per heavy atom. The summed E-state index contributed by atoms with van der Waals surface area (Å²) in [5.74, 6) is -0.0556. The van der Waals surface area contributed by atoms with E-state index in [0.29, 0.717) is 22.6 Å². The van der Waals surface area contributed by atoms with Crippen molar-refractivity contribution in [1.82, 2.24) is 14.5 Å². The molecule has 1 aliphatic carbocycles. The second-order valence-electron chi connectivity index (χ2n) is 9.03. The lowest BCUT2D eigenvalue weighted by molar-refractivity contribution is 0.0990. The highest BCUT2D eigenvalue weighted by atomic mass is 32.1. The van der Waals surface area contributed by atoms with Gasteiger partial charge in [-0.15, -0.1) is 0 Å². The van der Waals surface area contributed by atoms with E-state index in [0.717, 1.165) is 31.9 Å². The minimum atomic E-state index is -0.277. The average molecular weight is 510 g/mol. The Kier molecular flexibility index (Phi) is 5.20. The van der Waals surface area contributed by atoms with Gasteiger partial charge in [-0.2, -0.15) is 0 Å². The summed E-state index contributed by atoms with van der Waals surface area (Å²) in [6.07, 6.45) is 5.60. The molecule has 6 aromatic rings. The van der Waals surface area contributed by atoms with Gasteiger partial charge in [-0.05, 0) is 52.8 Å². The number of fused-ring (bicyclic) bond motifs is 3. The summed E-state index contributed by atoms with van der Waals surface area (Å²) in [4.78, 5) is 37.2. The van der Waals surface area contributed by atoms with Crippen molar-refractivity contribution in [3.8, 4) is 5.69 Å². The summed E-state index contributed by atoms with van der Waals surface area (Å²) in [7, 11) is 0. The molecular formula is C32H19N3O2S. The monoisotopic (exact) mass is 509 g/mol. The van der Waals surface area contributed by atoms with E-state index in [-0.39, 0.29) is 17.1 Å². The molecular weight excluding hydrogens is 490 g/mol. The molecule has 38 heavy (non-hydrogen) atoms. The molecule has 0 spiro atoms. The van der Waals surface area contributed by atoms with Gasteiger partial charge in [-0.25, -0.2) is 9.97 Å². The van der Waals surface area contributed by atoms with Crippen LogP contribution in [-0.4, -0.2) is 26.1 Å². The summed E-state index contributed by atoms with van der Waals surface area (Å²) in [6.45, 7) is 0. The lowest BCUT2D eigenvalue weighted by Crippen LogP contribution is -2.04. The molecule has 0 bridgehead atoms. The van der Waals surface area contributed by atoms with Gasteiger partial charge in [0.15, 0.2) is 22.0 Å². The second kappa shape index (κ2) is 8.87. The van der Waals surface area contributed by atoms with Crippen LogP contribution in [0.5, 0.6) is 0 Å². The van der Waals surface area contributed by atoms with Crippen LogP contribution in [0.2, 0.25) is 0 Å². The highest BCUT2D eigenvalue weighted by Crippen LogP contribution is 2.33. The molecule has 0 saturated heterocycles. The van der Waals surface area contributed by atoms with Crippen molar-refractivity contribution < 1.29 is 9.59 Å². The van der Waals surface area contributed by atoms with E-state index in [1.54, 1.807) is 18.2 Å². The zero-order valence-corrected chi connectivity index (χ0v) is 20.9. The fourth-order valence-electron chi connectivity index (χ4n) is 4.80. The van der Waals surface area contributed by atoms with Crippen LogP contribution in [0.15, 0.2) is 103 Å². The third kappa shape index (κ3) is 3.70. The number of imidazole rings is 1. The van der Waals surface area contributed by atoms with Crippen LogP contribution in [0.3, 0.4) is 0 Å². The van der Waals surface area contributed by atoms with Crippen molar-refractivity contribution in [3.05, 3.63) is 130 Å². The van der Waals surface area contributed by atoms with Crippen molar-refractivity contribution in [3.63, 3.8) is 0 Å². The number of hydrogen-bond donors (Lipinski definition) is 0. The maximum Gasteiger partial charge on any atom is 0.197 e. The Morgan fingerprint density at radius 2 is 1.29 bits per heavy atom. The predicted octanol–water partition coefficient (Wildman–Crippen LogP) is 7.27. The molecule has 5 nitrogen and oxygen atoms in total. The van der Waals surface area contributed by atoms with E-state index in [2.05, 4.69) is 0 Å². The number of para-hydroxylation sites is 1. The number of aromatic nitrogens is 3. The summed E-state index contributed by atoms with van der Waals surface area (Å²) in [6, 6.07) is 31.1. The molecule has 2 aromatic heterocycles. The largest absolute Gasteiger partial charge is 0.288 e. The third-order valence-electron chi connectivity index (χ3n) is 6.64. The van der Waals surface area contributed by atoms with E-state index in [9.17, 15) is 9.59 Å². The molecule has 7 rings (SSSR count). The molecule has 0 aliphatic heterocycles. The normalized spacial score (nSPS) is 13.2. The number of Topliss-reactive ketones (excluding diaryl/α,β-unsaturated/α-hetero) is 2. The number of benzene rings is 4. The van der Waals surface area contributed by atoms with Crippen LogP contribution >= 0.6 is 11.3 Å². The van der Waals surface area contributed by atoms with E-state index in [4.69, 9.17) is 9.97 Å². The van der Waals surface area contributed by atoms with Gasteiger partial charge in [0.05, 0.1) is 5.57 Å². The van der Waals surface area contributed by atoms with Crippen LogP contribution in [0.25, 0.3) is 45.2 Å². The quantitative estimate of drug-likeness (QED) is 0.185. The van der Waals surface area contributed by atoms with Gasteiger partial charge in [0.25, 0.3) is 0 Å². The van der Waals surface area contributed by atoms with Crippen LogP contribution in [-0.2, 0) is 0 Å². The average Bonchev–Trinajstić information content (AvgIpc) is 3.57. The second-order valence-corrected chi connectivity index (χ2v) is 10.0. The van der Waals surface area contributed by atoms with Crippen LogP contribution in [0, 0.1) is 0 Å². The Bertz CT molecular complexity index is 1890. The summed E-state index contributed by atoms with van der Waals surface area (Å²) in [5.41, 5.74) is 3.61. The molecule has 0 fully saturated rings. The zero-order chi connectivity index (χ0) is 25.6. The van der Waals surface area contributed by atoms with Gasteiger partial charge in [-0.3, -0.25) is 14.2 Å². The third-order valence-corrected chi connectivity index (χ3v) is 7.54. The number of hydrogen-bond acceptors (Lipinski definition) is 5. The molecule has 0 atom stereocenters. The minimum Gasteiger partial charge on any atom is -0.288 e. The minimum absolute atomic E-state index is 0.120. The van der Waals surface area contributed by atoms with Gasteiger partial charge < -0.3 is 0 Å². The van der Waals surface area contributed by atoms with E-state index < -0.39 is 0 Å². The molecule has 0 unspecified atom stereocenters. The van der Waals surface area contributed by atoms with Gasteiger partial charge in [-0.1, -0.05) is 90.2 Å². The number of carbonyl (C=O) groups is 2. The first-order valence-electron chi connectivity index (χ1n) is 12.2. The van der Waals surface area contributed by atoms with Crippen molar-refractivity contribution in [2.75, 3.05) is 0 Å². The topological polar surface area (TPSA) is 64.8 Å². The fraction of sp³-hybridized carbons (Fsp3) is 0. The number of thiazole rings is 1. The van der Waals surface area contributed by atoms with Crippen LogP contribution < -0.4 is 0 Å². The molecule has 0 saturated carbocycles. The van der Waals surface area contributed by atoms with Crippen LogP contribution in [0.4, 0.5) is 0 Å². The van der Waals surface area contributed by atoms with Gasteiger partial charge >= 0.3 is 0 Å². The maximum atomic E-state index is 13.4. The standard InChI is InChI=1S/C32H19N3O2S/c36-29-24-17-21-11-7-8-12-22(21)18-25(24)30(37)26(29)19-27-33-32-31(35(27)23-13-5-2-6-14-23)34-28(38-32)16-15-20-9-3-1-4-10-20/h1-19H/b16-15+. The Hall–Kier alpha value is -4.94. The molecule has 180 valence electrons. The summed E-state index contributed by atoms with van der Waals surface area (Å²) >= 11 is 1.47. The highest BCUT2D eigenvalue weighted by Gasteiger charge is 2.34. The Balaban J connectivity index is 1.34. The molecule has 4 aromatic carbocycles. The van der Waals surface area contributed by atoms with Crippen molar-refractivity contribution in [2.24, 2.45) is 0 Å². The number of nitrogens with zero attached hydrogens (tertiary/aromatic N) is 3. The first kappa shape index (κ1) is 22.3. The molecule has 2 heterocycles. The van der Waals surface area contributed by atoms with Crippen molar-refractivity contribution in [1.29, 1.82) is 0 Å². The van der Waals surface area contributed by atoms with E-state index in [1.807, 2.05) is 102 Å². The van der Waals surface area contributed by atoms with E-state index in [1.165, 1.54) is 11.3 Å². The van der Waals surface area contributed by atoms with Gasteiger partial charge in [0, 0.05) is 16.8 Å². The SMILES string of the molecule is O=C1C(=Cc2nc3sc(/C=C/c4ccccc4)nc3n2-c2ccccc2)C(=O)c2cc3ccccc3cc21. The molecule has 0 amide bonds. The molecule has 6 heteroatoms. The summed E-state index contributed by atoms with van der Waals surface area (Å²) < 4.78 is 1.90. The fourth-order valence-corrected chi connectivity index (χ4v) is 5.64. The molecule has 0 N–H and O–H groups in total. The highest BCUT2D eigenvalue weighted by molar-refractivity contribution is 7.18. The maximum absolute atomic E-state index is 13.4. The smallest absolute Gasteiger partial charge is 0.197 e. The van der Waals surface area contributed by atoms with Gasteiger partial charge in [0.2, 0.25) is 0 Å². The Labute approximate surface area is 222 Å². The van der Waals surface area contributed by atoms with E-state index >= 15 is 0 Å². The zero-order valence-electron chi connectivity index (χ0n) is 20.0. The first-order valence-corrected chi connectivity index (χ1v) is 13.0. The predicted molar refractivity (Wildman–Crippen MR) is 153 cm³/mol. The van der Waals surface area contributed by atoms with Gasteiger partial charge in [0.1, 0.15) is 10.8 Å². The summed E-state index contributed by atoms with van der Waals surface area (Å²) in [5, 5.41) is 2.68.